The van der Waals surface area contributed by atoms with Gasteiger partial charge in [0.25, 0.3) is 0 Å². The lowest BCUT2D eigenvalue weighted by molar-refractivity contribution is 0.132. The fourth-order valence-corrected chi connectivity index (χ4v) is 7.53. The van der Waals surface area contributed by atoms with Crippen LogP contribution in [0.3, 0.4) is 0 Å². The van der Waals surface area contributed by atoms with Crippen LogP contribution in [0.25, 0.3) is 22.0 Å². The molecule has 2 aromatic carbocycles. The smallest absolute Gasteiger partial charge is 0.407 e. The fraction of sp³-hybridized carbons (Fsp3) is 0.375. The number of aromatic nitrogens is 3. The Balaban J connectivity index is 1.45. The van der Waals surface area contributed by atoms with E-state index >= 15 is 0 Å². The van der Waals surface area contributed by atoms with Crippen LogP contribution in [-0.2, 0) is 10.0 Å². The zero-order chi connectivity index (χ0) is 31.4. The molecule has 1 fully saturated rings. The van der Waals surface area contributed by atoms with Crippen LogP contribution in [0, 0.1) is 12.8 Å². The topological polar surface area (TPSA) is 147 Å². The number of hydrogen-bond donors (Lipinski definition) is 3. The van der Waals surface area contributed by atoms with Crippen molar-refractivity contribution in [3.8, 4) is 22.9 Å². The van der Waals surface area contributed by atoms with Crippen molar-refractivity contribution in [2.24, 2.45) is 5.92 Å². The molecule has 232 valence electrons. The lowest BCUT2D eigenvalue weighted by Gasteiger charge is -2.31. The Labute approximate surface area is 257 Å². The third-order valence-electron chi connectivity index (χ3n) is 7.93. The number of benzene rings is 2. The van der Waals surface area contributed by atoms with Crippen LogP contribution < -0.4 is 14.8 Å². The lowest BCUT2D eigenvalue weighted by Crippen LogP contribution is -2.44. The number of rotatable bonds is 10. The first kappa shape index (κ1) is 31.0. The highest BCUT2D eigenvalue weighted by Gasteiger charge is 2.28. The molecule has 3 heterocycles. The molecule has 2 atom stereocenters. The minimum Gasteiger partial charge on any atom is -0.465 e. The van der Waals surface area contributed by atoms with Crippen LogP contribution in [0.4, 0.5) is 16.4 Å². The van der Waals surface area contributed by atoms with Crippen molar-refractivity contribution >= 4 is 38.5 Å². The molecule has 1 saturated heterocycles. The number of sulfonamides is 1. The predicted molar refractivity (Wildman–Crippen MR) is 172 cm³/mol. The quantitative estimate of drug-likeness (QED) is 0.181. The van der Waals surface area contributed by atoms with Gasteiger partial charge < -0.3 is 20.1 Å². The van der Waals surface area contributed by atoms with E-state index in [1.165, 1.54) is 4.90 Å². The molecule has 3 N–H and O–H groups in total. The molecular weight excluding hydrogens is 580 g/mol. The largest absolute Gasteiger partial charge is 0.465 e. The standard InChI is InChI=1S/C32H38N6O5S/c1-5-28(20(2)3)44(41,42)37-27-12-6-10-24-23(27)14-13-21(4)29(24)43-30-25(11-7-16-33-30)26-15-17-34-31(36-26)35-22-9-8-18-38(19-22)32(39)40/h6-7,10-17,20,22,28,37H,5,8-9,18-19H2,1-4H3,(H,39,40)(H,34,35,36). The number of hydrogen-bond acceptors (Lipinski definition) is 8. The number of anilines is 2. The third kappa shape index (κ3) is 6.70. The summed E-state index contributed by atoms with van der Waals surface area (Å²) >= 11 is 0. The van der Waals surface area contributed by atoms with E-state index in [-0.39, 0.29) is 12.0 Å². The van der Waals surface area contributed by atoms with E-state index in [1.54, 1.807) is 36.7 Å². The first-order valence-electron chi connectivity index (χ1n) is 14.8. The lowest BCUT2D eigenvalue weighted by atomic mass is 10.0. The molecule has 5 rings (SSSR count). The summed E-state index contributed by atoms with van der Waals surface area (Å²) in [5.41, 5.74) is 2.57. The highest BCUT2D eigenvalue weighted by atomic mass is 32.2. The first-order chi connectivity index (χ1) is 21.1. The van der Waals surface area contributed by atoms with Gasteiger partial charge in [-0.05, 0) is 61.9 Å². The number of piperidine rings is 1. The van der Waals surface area contributed by atoms with Gasteiger partial charge >= 0.3 is 6.09 Å². The van der Waals surface area contributed by atoms with Gasteiger partial charge in [0.05, 0.1) is 22.2 Å². The molecule has 11 nitrogen and oxygen atoms in total. The maximum atomic E-state index is 13.3. The normalized spacial score (nSPS) is 16.1. The first-order valence-corrected chi connectivity index (χ1v) is 16.4. The van der Waals surface area contributed by atoms with Crippen molar-refractivity contribution in [3.05, 3.63) is 66.5 Å². The van der Waals surface area contributed by atoms with Gasteiger partial charge in [0.2, 0.25) is 21.9 Å². The Morgan fingerprint density at radius 3 is 2.66 bits per heavy atom. The van der Waals surface area contributed by atoms with Crippen molar-refractivity contribution in [1.29, 1.82) is 0 Å². The third-order valence-corrected chi connectivity index (χ3v) is 10.1. The van der Waals surface area contributed by atoms with Gasteiger partial charge in [0.15, 0.2) is 0 Å². The van der Waals surface area contributed by atoms with Crippen LogP contribution in [0.1, 0.15) is 45.6 Å². The molecule has 4 aromatic rings. The monoisotopic (exact) mass is 618 g/mol. The molecule has 1 amide bonds. The van der Waals surface area contributed by atoms with E-state index in [4.69, 9.17) is 9.72 Å². The van der Waals surface area contributed by atoms with Crippen LogP contribution in [0.15, 0.2) is 60.9 Å². The molecule has 2 unspecified atom stereocenters. The van der Waals surface area contributed by atoms with Crippen molar-refractivity contribution < 1.29 is 23.1 Å². The van der Waals surface area contributed by atoms with Crippen molar-refractivity contribution in [1.82, 2.24) is 19.9 Å². The molecule has 2 aromatic heterocycles. The number of amides is 1. The van der Waals surface area contributed by atoms with Gasteiger partial charge in [-0.15, -0.1) is 0 Å². The van der Waals surface area contributed by atoms with E-state index in [1.807, 2.05) is 52.0 Å². The van der Waals surface area contributed by atoms with Gasteiger partial charge in [-0.1, -0.05) is 45.0 Å². The zero-order valence-corrected chi connectivity index (χ0v) is 26.1. The summed E-state index contributed by atoms with van der Waals surface area (Å²) in [6.07, 6.45) is 4.43. The van der Waals surface area contributed by atoms with Gasteiger partial charge in [0, 0.05) is 42.3 Å². The zero-order valence-electron chi connectivity index (χ0n) is 25.3. The van der Waals surface area contributed by atoms with Gasteiger partial charge in [-0.2, -0.15) is 0 Å². The van der Waals surface area contributed by atoms with E-state index in [9.17, 15) is 18.3 Å². The van der Waals surface area contributed by atoms with Crippen LogP contribution in [-0.4, -0.2) is 63.9 Å². The summed E-state index contributed by atoms with van der Waals surface area (Å²) in [7, 11) is -3.62. The molecule has 0 saturated carbocycles. The van der Waals surface area contributed by atoms with E-state index in [0.717, 1.165) is 23.8 Å². The number of fused-ring (bicyclic) bond motifs is 1. The molecule has 44 heavy (non-hydrogen) atoms. The molecule has 1 aliphatic rings. The number of aryl methyl sites for hydroxylation is 1. The number of nitrogens with zero attached hydrogens (tertiary/aromatic N) is 4. The Bertz CT molecular complexity index is 1760. The number of nitrogens with one attached hydrogen (secondary N) is 2. The predicted octanol–water partition coefficient (Wildman–Crippen LogP) is 6.52. The minimum atomic E-state index is -3.62. The molecular formula is C32H38N6O5S. The van der Waals surface area contributed by atoms with Crippen molar-refractivity contribution in [2.45, 2.75) is 58.2 Å². The number of carbonyl (C=O) groups is 1. The molecule has 0 aliphatic carbocycles. The number of ether oxygens (including phenoxy) is 1. The summed E-state index contributed by atoms with van der Waals surface area (Å²) in [5, 5.41) is 13.6. The second kappa shape index (κ2) is 13.0. The summed E-state index contributed by atoms with van der Waals surface area (Å²) in [6, 6.07) is 14.6. The molecule has 0 spiro atoms. The number of pyridine rings is 1. The van der Waals surface area contributed by atoms with Crippen LogP contribution in [0.2, 0.25) is 0 Å². The van der Waals surface area contributed by atoms with Gasteiger partial charge in [-0.25, -0.2) is 28.2 Å². The second-order valence-electron chi connectivity index (χ2n) is 11.4. The Morgan fingerprint density at radius 1 is 1.09 bits per heavy atom. The maximum Gasteiger partial charge on any atom is 0.407 e. The summed E-state index contributed by atoms with van der Waals surface area (Å²) in [5.74, 6) is 1.25. The SMILES string of the molecule is CCC(C(C)C)S(=O)(=O)Nc1cccc2c(Oc3ncccc3-c3ccnc(NC4CCCN(C(=O)O)C4)n3)c(C)ccc12. The Morgan fingerprint density at radius 2 is 1.91 bits per heavy atom. The summed E-state index contributed by atoms with van der Waals surface area (Å²) < 4.78 is 35.8. The van der Waals surface area contributed by atoms with Gasteiger partial charge in [-0.3, -0.25) is 4.72 Å². The summed E-state index contributed by atoms with van der Waals surface area (Å²) in [4.78, 5) is 26.4. The molecule has 1 aliphatic heterocycles. The van der Waals surface area contributed by atoms with Gasteiger partial charge in [0.1, 0.15) is 5.75 Å². The highest BCUT2D eigenvalue weighted by molar-refractivity contribution is 7.93. The molecule has 12 heteroatoms. The maximum absolute atomic E-state index is 13.3. The average molecular weight is 619 g/mol. The molecule has 0 radical (unpaired) electrons. The highest BCUT2D eigenvalue weighted by Crippen LogP contribution is 2.39. The van der Waals surface area contributed by atoms with Crippen LogP contribution in [0.5, 0.6) is 11.6 Å². The summed E-state index contributed by atoms with van der Waals surface area (Å²) in [6.45, 7) is 8.51. The average Bonchev–Trinajstić information content (AvgIpc) is 2.99. The van der Waals surface area contributed by atoms with Crippen LogP contribution >= 0.6 is 0 Å². The number of carboxylic acid groups (broad SMARTS) is 1. The Hall–Kier alpha value is -4.45. The minimum absolute atomic E-state index is 0.0317. The molecule has 0 bridgehead atoms. The fourth-order valence-electron chi connectivity index (χ4n) is 5.74. The van der Waals surface area contributed by atoms with E-state index < -0.39 is 21.4 Å². The number of likely N-dealkylation sites (tertiary alicyclic amines) is 1. The van der Waals surface area contributed by atoms with Crippen molar-refractivity contribution in [3.63, 3.8) is 0 Å². The van der Waals surface area contributed by atoms with E-state index in [2.05, 4.69) is 20.0 Å². The second-order valence-corrected chi connectivity index (χ2v) is 13.3. The van der Waals surface area contributed by atoms with E-state index in [0.29, 0.717) is 59.4 Å². The Kier molecular flexibility index (Phi) is 9.19. The van der Waals surface area contributed by atoms with Crippen molar-refractivity contribution in [2.75, 3.05) is 23.1 Å².